The Kier molecular flexibility index (Phi) is 6.75. The van der Waals surface area contributed by atoms with E-state index in [2.05, 4.69) is 4.98 Å². The largest absolute Gasteiger partial charge is 0.467 e. The predicted molar refractivity (Wildman–Crippen MR) is 110 cm³/mol. The lowest BCUT2D eigenvalue weighted by atomic mass is 10.2. The minimum Gasteiger partial charge on any atom is -0.467 e. The van der Waals surface area contributed by atoms with Gasteiger partial charge in [-0.1, -0.05) is 11.8 Å². The second-order valence-electron chi connectivity index (χ2n) is 5.92. The summed E-state index contributed by atoms with van der Waals surface area (Å²) in [5, 5.41) is 0.716. The average molecular weight is 437 g/mol. The summed E-state index contributed by atoms with van der Waals surface area (Å²) in [5.41, 5.74) is 0.234. The van der Waals surface area contributed by atoms with Crippen LogP contribution in [0.4, 0.5) is 0 Å². The Morgan fingerprint density at radius 2 is 2.03 bits per heavy atom. The molecule has 0 aromatic carbocycles. The van der Waals surface area contributed by atoms with Crippen LogP contribution in [0.1, 0.15) is 34.8 Å². The van der Waals surface area contributed by atoms with Crippen molar-refractivity contribution >= 4 is 45.3 Å². The summed E-state index contributed by atoms with van der Waals surface area (Å²) < 4.78 is 16.9. The van der Waals surface area contributed by atoms with Crippen LogP contribution in [0.5, 0.6) is 0 Å². The monoisotopic (exact) mass is 436 g/mol. The molecular weight excluding hydrogens is 416 g/mol. The Labute approximate surface area is 174 Å². The lowest BCUT2D eigenvalue weighted by Crippen LogP contribution is -2.24. The van der Waals surface area contributed by atoms with E-state index in [4.69, 9.17) is 13.9 Å². The predicted octanol–water partition coefficient (Wildman–Crippen LogP) is 3.24. The van der Waals surface area contributed by atoms with Crippen LogP contribution in [-0.2, 0) is 20.8 Å². The standard InChI is InChI=1S/C19H20N2O6S2/c1-4-25-13(22)10-28-19-20-16-14(11(3)15(29-16)18(24)26-5-2)17(23)21(19)9-12-7-6-8-27-12/h6-8H,4-5,9-10H2,1-3H3. The van der Waals surface area contributed by atoms with Crippen LogP contribution < -0.4 is 5.56 Å². The zero-order valence-corrected chi connectivity index (χ0v) is 17.9. The SMILES string of the molecule is CCOC(=O)CSc1nc2sc(C(=O)OCC)c(C)c2c(=O)n1Cc1ccco1. The number of carbonyl (C=O) groups is 2. The number of hydrogen-bond donors (Lipinski definition) is 0. The molecule has 29 heavy (non-hydrogen) atoms. The van der Waals surface area contributed by atoms with E-state index in [-0.39, 0.29) is 31.1 Å². The molecule has 3 rings (SSSR count). The van der Waals surface area contributed by atoms with Gasteiger partial charge >= 0.3 is 11.9 Å². The molecule has 0 saturated heterocycles. The number of rotatable bonds is 8. The van der Waals surface area contributed by atoms with E-state index in [0.29, 0.717) is 31.6 Å². The van der Waals surface area contributed by atoms with Gasteiger partial charge in [0.05, 0.1) is 37.2 Å². The molecule has 0 atom stereocenters. The molecule has 0 aliphatic carbocycles. The first-order valence-corrected chi connectivity index (χ1v) is 10.8. The minimum atomic E-state index is -0.481. The number of aryl methyl sites for hydroxylation is 1. The van der Waals surface area contributed by atoms with Gasteiger partial charge in [0.25, 0.3) is 5.56 Å². The molecule has 0 radical (unpaired) electrons. The zero-order valence-electron chi connectivity index (χ0n) is 16.2. The van der Waals surface area contributed by atoms with Gasteiger partial charge in [-0.05, 0) is 38.5 Å². The summed E-state index contributed by atoms with van der Waals surface area (Å²) in [6, 6.07) is 3.48. The van der Waals surface area contributed by atoms with E-state index < -0.39 is 11.9 Å². The van der Waals surface area contributed by atoms with Crippen molar-refractivity contribution in [2.45, 2.75) is 32.5 Å². The summed E-state index contributed by atoms with van der Waals surface area (Å²) in [5.74, 6) is -0.291. The van der Waals surface area contributed by atoms with Gasteiger partial charge in [-0.2, -0.15) is 0 Å². The lowest BCUT2D eigenvalue weighted by Gasteiger charge is -2.10. The maximum Gasteiger partial charge on any atom is 0.348 e. The summed E-state index contributed by atoms with van der Waals surface area (Å²) >= 11 is 2.22. The number of fused-ring (bicyclic) bond motifs is 1. The molecule has 3 heterocycles. The molecule has 0 bridgehead atoms. The van der Waals surface area contributed by atoms with E-state index in [1.165, 1.54) is 10.8 Å². The molecule has 0 aliphatic heterocycles. The van der Waals surface area contributed by atoms with Gasteiger partial charge < -0.3 is 13.9 Å². The first-order valence-electron chi connectivity index (χ1n) is 8.98. The molecular formula is C19H20N2O6S2. The van der Waals surface area contributed by atoms with Crippen LogP contribution >= 0.6 is 23.1 Å². The minimum absolute atomic E-state index is 0.0129. The van der Waals surface area contributed by atoms with Crippen molar-refractivity contribution in [1.29, 1.82) is 0 Å². The highest BCUT2D eigenvalue weighted by molar-refractivity contribution is 7.99. The van der Waals surface area contributed by atoms with E-state index in [9.17, 15) is 14.4 Å². The van der Waals surface area contributed by atoms with Gasteiger partial charge in [0.15, 0.2) is 5.16 Å². The Hall–Kier alpha value is -2.59. The molecule has 3 aromatic heterocycles. The second kappa shape index (κ2) is 9.27. The third kappa shape index (κ3) is 4.54. The molecule has 0 amide bonds. The molecule has 154 valence electrons. The summed E-state index contributed by atoms with van der Waals surface area (Å²) in [6.45, 7) is 5.83. The number of aromatic nitrogens is 2. The number of furan rings is 1. The van der Waals surface area contributed by atoms with Crippen molar-refractivity contribution in [3.8, 4) is 0 Å². The Balaban J connectivity index is 2.09. The average Bonchev–Trinajstić information content (AvgIpc) is 3.31. The highest BCUT2D eigenvalue weighted by Crippen LogP contribution is 2.30. The first kappa shape index (κ1) is 21.1. The number of hydrogen-bond acceptors (Lipinski definition) is 9. The van der Waals surface area contributed by atoms with E-state index in [1.807, 2.05) is 0 Å². The number of nitrogens with zero attached hydrogens (tertiary/aromatic N) is 2. The van der Waals surface area contributed by atoms with Crippen LogP contribution in [0.3, 0.4) is 0 Å². The van der Waals surface area contributed by atoms with Gasteiger partial charge in [0, 0.05) is 0 Å². The molecule has 0 N–H and O–H groups in total. The van der Waals surface area contributed by atoms with Crippen molar-refractivity contribution in [3.63, 3.8) is 0 Å². The van der Waals surface area contributed by atoms with Crippen LogP contribution in [0.25, 0.3) is 10.2 Å². The Morgan fingerprint density at radius 3 is 2.69 bits per heavy atom. The lowest BCUT2D eigenvalue weighted by molar-refractivity contribution is -0.139. The van der Waals surface area contributed by atoms with Gasteiger partial charge in [-0.25, -0.2) is 9.78 Å². The highest BCUT2D eigenvalue weighted by Gasteiger charge is 2.23. The third-order valence-electron chi connectivity index (χ3n) is 3.99. The van der Waals surface area contributed by atoms with Gasteiger partial charge in [-0.15, -0.1) is 11.3 Å². The molecule has 0 aliphatic rings. The summed E-state index contributed by atoms with van der Waals surface area (Å²) in [4.78, 5) is 42.6. The Bertz CT molecular complexity index is 1080. The zero-order chi connectivity index (χ0) is 21.0. The highest BCUT2D eigenvalue weighted by atomic mass is 32.2. The quantitative estimate of drug-likeness (QED) is 0.301. The molecule has 3 aromatic rings. The van der Waals surface area contributed by atoms with Crippen molar-refractivity contribution in [2.75, 3.05) is 19.0 Å². The van der Waals surface area contributed by atoms with E-state index in [0.717, 1.165) is 23.1 Å². The molecule has 10 heteroatoms. The maximum atomic E-state index is 13.3. The van der Waals surface area contributed by atoms with E-state index >= 15 is 0 Å². The summed E-state index contributed by atoms with van der Waals surface area (Å²) in [7, 11) is 0. The number of esters is 2. The topological polar surface area (TPSA) is 101 Å². The number of thiophene rings is 1. The fourth-order valence-corrected chi connectivity index (χ4v) is 4.64. The second-order valence-corrected chi connectivity index (χ2v) is 7.86. The number of ether oxygens (including phenoxy) is 2. The molecule has 0 spiro atoms. The van der Waals surface area contributed by atoms with Crippen LogP contribution in [0.2, 0.25) is 0 Å². The first-order chi connectivity index (χ1) is 14.0. The van der Waals surface area contributed by atoms with Crippen LogP contribution in [0.15, 0.2) is 32.8 Å². The van der Waals surface area contributed by atoms with Crippen LogP contribution in [0, 0.1) is 6.92 Å². The van der Waals surface area contributed by atoms with E-state index in [1.54, 1.807) is 32.9 Å². The van der Waals surface area contributed by atoms with Crippen molar-refractivity contribution in [2.24, 2.45) is 0 Å². The Morgan fingerprint density at radius 1 is 1.28 bits per heavy atom. The van der Waals surface area contributed by atoms with Crippen molar-refractivity contribution < 1.29 is 23.5 Å². The van der Waals surface area contributed by atoms with Crippen molar-refractivity contribution in [1.82, 2.24) is 9.55 Å². The fourth-order valence-electron chi connectivity index (χ4n) is 2.72. The van der Waals surface area contributed by atoms with Crippen LogP contribution in [-0.4, -0.2) is 40.5 Å². The van der Waals surface area contributed by atoms with Gasteiger partial charge in [-0.3, -0.25) is 14.2 Å². The summed E-state index contributed by atoms with van der Waals surface area (Å²) in [6.07, 6.45) is 1.52. The maximum absolute atomic E-state index is 13.3. The molecule has 0 fully saturated rings. The molecule has 0 saturated carbocycles. The fraction of sp³-hybridized carbons (Fsp3) is 0.368. The van der Waals surface area contributed by atoms with Gasteiger partial charge in [0.1, 0.15) is 15.5 Å². The van der Waals surface area contributed by atoms with Gasteiger partial charge in [0.2, 0.25) is 0 Å². The smallest absolute Gasteiger partial charge is 0.348 e. The molecule has 0 unspecified atom stereocenters. The molecule has 8 nitrogen and oxygen atoms in total. The number of thioether (sulfide) groups is 1. The van der Waals surface area contributed by atoms with Crippen molar-refractivity contribution in [3.05, 3.63) is 45.0 Å². The normalized spacial score (nSPS) is 11.0. The third-order valence-corrected chi connectivity index (χ3v) is 6.11. The number of carbonyl (C=O) groups excluding carboxylic acids is 2.